The van der Waals surface area contributed by atoms with Crippen LogP contribution in [0.4, 0.5) is 10.8 Å². The molecule has 0 aliphatic heterocycles. The summed E-state index contributed by atoms with van der Waals surface area (Å²) < 4.78 is 6.58. The Balaban J connectivity index is 1.75. The highest BCUT2D eigenvalue weighted by atomic mass is 35.5. The number of anilines is 2. The van der Waals surface area contributed by atoms with Crippen molar-refractivity contribution >= 4 is 61.3 Å². The van der Waals surface area contributed by atoms with Crippen LogP contribution in [0.1, 0.15) is 6.92 Å². The van der Waals surface area contributed by atoms with Crippen molar-refractivity contribution < 1.29 is 4.74 Å². The van der Waals surface area contributed by atoms with E-state index in [4.69, 9.17) is 28.6 Å². The molecule has 0 saturated heterocycles. The first-order valence-electron chi connectivity index (χ1n) is 7.02. The normalized spacial score (nSPS) is 10.5. The Morgan fingerprint density at radius 3 is 2.83 bits per heavy atom. The molecule has 0 fully saturated rings. The molecule has 118 valence electrons. The van der Waals surface area contributed by atoms with Crippen LogP contribution in [0.5, 0.6) is 5.75 Å². The fourth-order valence-electron chi connectivity index (χ4n) is 2.07. The molecule has 0 saturated carbocycles. The lowest BCUT2D eigenvalue weighted by molar-refractivity contribution is 0.342. The maximum absolute atomic E-state index is 6.14. The van der Waals surface area contributed by atoms with Crippen LogP contribution in [0.25, 0.3) is 10.2 Å². The molecule has 0 unspecified atom stereocenters. The van der Waals surface area contributed by atoms with Crippen LogP contribution in [0.3, 0.4) is 0 Å². The van der Waals surface area contributed by atoms with Gasteiger partial charge in [-0.05, 0) is 43.4 Å². The van der Waals surface area contributed by atoms with E-state index < -0.39 is 0 Å². The van der Waals surface area contributed by atoms with Gasteiger partial charge in [0.25, 0.3) is 0 Å². The summed E-state index contributed by atoms with van der Waals surface area (Å²) in [4.78, 5) is 4.47. The maximum Gasteiger partial charge on any atom is 0.190 e. The zero-order chi connectivity index (χ0) is 16.2. The minimum absolute atomic E-state index is 0.451. The first-order valence-corrected chi connectivity index (χ1v) is 8.62. The number of hydrogen-bond acceptors (Lipinski definition) is 4. The molecular weight excluding hydrogens is 350 g/mol. The molecule has 0 bridgehead atoms. The van der Waals surface area contributed by atoms with E-state index in [2.05, 4.69) is 15.6 Å². The summed E-state index contributed by atoms with van der Waals surface area (Å²) in [5.41, 5.74) is 1.59. The van der Waals surface area contributed by atoms with Crippen LogP contribution in [-0.2, 0) is 0 Å². The van der Waals surface area contributed by atoms with Crippen molar-refractivity contribution in [2.75, 3.05) is 17.2 Å². The molecule has 2 aromatic carbocycles. The summed E-state index contributed by atoms with van der Waals surface area (Å²) in [5.74, 6) is 0.756. The maximum atomic E-state index is 6.14. The number of aromatic nitrogens is 1. The highest BCUT2D eigenvalue weighted by molar-refractivity contribution is 7.80. The van der Waals surface area contributed by atoms with Gasteiger partial charge in [0, 0.05) is 0 Å². The minimum atomic E-state index is 0.451. The Hall–Kier alpha value is -1.89. The van der Waals surface area contributed by atoms with Crippen LogP contribution in [0.2, 0.25) is 5.02 Å². The first-order chi connectivity index (χ1) is 11.2. The van der Waals surface area contributed by atoms with Gasteiger partial charge in [0.15, 0.2) is 10.2 Å². The zero-order valence-electron chi connectivity index (χ0n) is 12.3. The number of nitrogens with one attached hydrogen (secondary N) is 2. The molecule has 23 heavy (non-hydrogen) atoms. The van der Waals surface area contributed by atoms with E-state index in [-0.39, 0.29) is 0 Å². The number of ether oxygens (including phenoxy) is 1. The molecule has 0 atom stereocenters. The van der Waals surface area contributed by atoms with Gasteiger partial charge in [-0.2, -0.15) is 0 Å². The zero-order valence-corrected chi connectivity index (χ0v) is 14.7. The third-order valence-electron chi connectivity index (χ3n) is 3.03. The molecule has 0 amide bonds. The molecule has 0 aliphatic rings. The molecule has 0 radical (unpaired) electrons. The van der Waals surface area contributed by atoms with Crippen LogP contribution in [0, 0.1) is 0 Å². The van der Waals surface area contributed by atoms with Gasteiger partial charge in [0.05, 0.1) is 22.0 Å². The van der Waals surface area contributed by atoms with Crippen molar-refractivity contribution in [3.8, 4) is 5.75 Å². The first kappa shape index (κ1) is 16.0. The van der Waals surface area contributed by atoms with E-state index in [1.807, 2.05) is 49.4 Å². The number of para-hydroxylation sites is 3. The number of hydrogen-bond donors (Lipinski definition) is 2. The van der Waals surface area contributed by atoms with E-state index in [1.54, 1.807) is 0 Å². The van der Waals surface area contributed by atoms with Gasteiger partial charge in [0.1, 0.15) is 11.3 Å². The number of thiazole rings is 1. The van der Waals surface area contributed by atoms with Crippen molar-refractivity contribution in [1.29, 1.82) is 0 Å². The lowest BCUT2D eigenvalue weighted by atomic mass is 10.3. The number of benzene rings is 2. The monoisotopic (exact) mass is 363 g/mol. The Labute approximate surface area is 148 Å². The Morgan fingerprint density at radius 1 is 1.22 bits per heavy atom. The number of thiocarbonyl (C=S) groups is 1. The Morgan fingerprint density at radius 2 is 2.04 bits per heavy atom. The van der Waals surface area contributed by atoms with E-state index in [0.717, 1.165) is 21.7 Å². The minimum Gasteiger partial charge on any atom is -0.492 e. The average Bonchev–Trinajstić information content (AvgIpc) is 2.93. The quantitative estimate of drug-likeness (QED) is 0.627. The Kier molecular flexibility index (Phi) is 4.95. The molecule has 4 nitrogen and oxygen atoms in total. The van der Waals surface area contributed by atoms with Gasteiger partial charge < -0.3 is 15.4 Å². The van der Waals surface area contributed by atoms with Crippen molar-refractivity contribution in [3.63, 3.8) is 0 Å². The van der Waals surface area contributed by atoms with Crippen molar-refractivity contribution in [3.05, 3.63) is 47.5 Å². The average molecular weight is 364 g/mol. The molecule has 2 N–H and O–H groups in total. The van der Waals surface area contributed by atoms with Crippen molar-refractivity contribution in [2.45, 2.75) is 6.92 Å². The van der Waals surface area contributed by atoms with E-state index in [1.165, 1.54) is 11.3 Å². The van der Waals surface area contributed by atoms with Gasteiger partial charge in [-0.15, -0.1) is 0 Å². The molecule has 3 rings (SSSR count). The highest BCUT2D eigenvalue weighted by Gasteiger charge is 2.09. The summed E-state index contributed by atoms with van der Waals surface area (Å²) in [6, 6.07) is 13.3. The molecular formula is C16H14ClN3OS2. The SMILES string of the molecule is CCOc1ccccc1NC(=S)Nc1nc2c(Cl)cccc2s1. The second kappa shape index (κ2) is 7.12. The summed E-state index contributed by atoms with van der Waals surface area (Å²) in [5, 5.41) is 8.00. The predicted octanol–water partition coefficient (Wildman–Crippen LogP) is 5.16. The largest absolute Gasteiger partial charge is 0.492 e. The number of halogens is 1. The lowest BCUT2D eigenvalue weighted by Crippen LogP contribution is -2.19. The fraction of sp³-hybridized carbons (Fsp3) is 0.125. The smallest absolute Gasteiger partial charge is 0.190 e. The summed E-state index contributed by atoms with van der Waals surface area (Å²) >= 11 is 13.0. The van der Waals surface area contributed by atoms with E-state index in [0.29, 0.717) is 21.9 Å². The van der Waals surface area contributed by atoms with Gasteiger partial charge >= 0.3 is 0 Å². The highest BCUT2D eigenvalue weighted by Crippen LogP contribution is 2.31. The number of nitrogens with zero attached hydrogens (tertiary/aromatic N) is 1. The van der Waals surface area contributed by atoms with E-state index >= 15 is 0 Å². The standard InChI is InChI=1S/C16H14ClN3OS2/c1-2-21-12-8-4-3-7-11(12)18-15(22)20-16-19-14-10(17)6-5-9-13(14)23-16/h3-9H,2H2,1H3,(H2,18,19,20,22). The number of fused-ring (bicyclic) bond motifs is 1. The summed E-state index contributed by atoms with van der Waals surface area (Å²) in [6.45, 7) is 2.54. The molecule has 0 aliphatic carbocycles. The Bertz CT molecular complexity index is 850. The second-order valence-corrected chi connectivity index (χ2v) is 6.46. The third-order valence-corrected chi connectivity index (χ3v) is 4.47. The second-order valence-electron chi connectivity index (χ2n) is 4.61. The van der Waals surface area contributed by atoms with Crippen molar-refractivity contribution in [1.82, 2.24) is 4.98 Å². The summed E-state index contributed by atoms with van der Waals surface area (Å²) in [7, 11) is 0. The van der Waals surface area contributed by atoms with Gasteiger partial charge in [-0.3, -0.25) is 0 Å². The van der Waals surface area contributed by atoms with Gasteiger partial charge in [-0.1, -0.05) is 41.1 Å². The fourth-order valence-corrected chi connectivity index (χ4v) is 3.51. The van der Waals surface area contributed by atoms with Crippen LogP contribution >= 0.6 is 35.2 Å². The van der Waals surface area contributed by atoms with Gasteiger partial charge in [0.2, 0.25) is 0 Å². The molecule has 3 aromatic rings. The lowest BCUT2D eigenvalue weighted by Gasteiger charge is -2.12. The molecule has 7 heteroatoms. The van der Waals surface area contributed by atoms with E-state index in [9.17, 15) is 0 Å². The third kappa shape index (κ3) is 3.72. The topological polar surface area (TPSA) is 46.2 Å². The van der Waals surface area contributed by atoms with Crippen LogP contribution in [0.15, 0.2) is 42.5 Å². The van der Waals surface area contributed by atoms with Gasteiger partial charge in [-0.25, -0.2) is 4.98 Å². The molecule has 1 aromatic heterocycles. The molecule has 0 spiro atoms. The predicted molar refractivity (Wildman–Crippen MR) is 102 cm³/mol. The number of rotatable bonds is 4. The van der Waals surface area contributed by atoms with Crippen molar-refractivity contribution in [2.24, 2.45) is 0 Å². The summed E-state index contributed by atoms with van der Waals surface area (Å²) in [6.07, 6.45) is 0. The molecule has 1 heterocycles. The van der Waals surface area contributed by atoms with Crippen LogP contribution < -0.4 is 15.4 Å². The van der Waals surface area contributed by atoms with Crippen LogP contribution in [-0.4, -0.2) is 16.7 Å².